The molecule has 0 N–H and O–H groups in total. The molecule has 0 aliphatic heterocycles. The predicted molar refractivity (Wildman–Crippen MR) is 132 cm³/mol. The number of benzene rings is 2. The van der Waals surface area contributed by atoms with Crippen LogP contribution in [-0.2, 0) is 10.8 Å². The molecule has 0 unspecified atom stereocenters. The molecule has 0 amide bonds. The third-order valence-electron chi connectivity index (χ3n) is 7.93. The van der Waals surface area contributed by atoms with Crippen molar-refractivity contribution < 1.29 is 8.83 Å². The van der Waals surface area contributed by atoms with Crippen LogP contribution in [-0.4, -0.2) is 9.97 Å². The summed E-state index contributed by atoms with van der Waals surface area (Å²) in [7, 11) is 0. The fourth-order valence-electron chi connectivity index (χ4n) is 3.39. The highest BCUT2D eigenvalue weighted by Crippen LogP contribution is 2.43. The second-order valence-electron chi connectivity index (χ2n) is 12.2. The van der Waals surface area contributed by atoms with E-state index >= 15 is 0 Å². The second kappa shape index (κ2) is 6.94. The van der Waals surface area contributed by atoms with Gasteiger partial charge in [-0.3, -0.25) is 0 Å². The lowest BCUT2D eigenvalue weighted by Gasteiger charge is -2.35. The molecule has 4 rings (SSSR count). The Labute approximate surface area is 191 Å². The molecule has 0 aliphatic rings. The zero-order valence-corrected chi connectivity index (χ0v) is 21.2. The molecule has 2 aromatic heterocycles. The Morgan fingerprint density at radius 2 is 1.00 bits per heavy atom. The van der Waals surface area contributed by atoms with Gasteiger partial charge in [-0.2, -0.15) is 0 Å². The lowest BCUT2D eigenvalue weighted by Crippen LogP contribution is -2.34. The third-order valence-corrected chi connectivity index (χ3v) is 7.93. The van der Waals surface area contributed by atoms with Gasteiger partial charge in [0.1, 0.15) is 11.0 Å². The van der Waals surface area contributed by atoms with Crippen LogP contribution in [0.4, 0.5) is 0 Å². The fourth-order valence-corrected chi connectivity index (χ4v) is 3.39. The smallest absolute Gasteiger partial charge is 0.201 e. The predicted octanol–water partition coefficient (Wildman–Crippen LogP) is 8.28. The molecule has 4 nitrogen and oxygen atoms in total. The maximum Gasteiger partial charge on any atom is 0.201 e. The van der Waals surface area contributed by atoms with Crippen LogP contribution in [0.5, 0.6) is 0 Å². The Hall–Kier alpha value is -2.62. The first kappa shape index (κ1) is 22.6. The van der Waals surface area contributed by atoms with Crippen LogP contribution in [0.2, 0.25) is 0 Å². The summed E-state index contributed by atoms with van der Waals surface area (Å²) in [5.41, 5.74) is 5.26. The lowest BCUT2D eigenvalue weighted by molar-refractivity contribution is 0.185. The van der Waals surface area contributed by atoms with Crippen molar-refractivity contribution in [2.24, 2.45) is 10.8 Å². The van der Waals surface area contributed by atoms with E-state index in [9.17, 15) is 0 Å². The van der Waals surface area contributed by atoms with E-state index in [0.717, 1.165) is 45.1 Å². The number of hydrogen-bond donors (Lipinski definition) is 0. The largest absolute Gasteiger partial charge is 0.440 e. The van der Waals surface area contributed by atoms with Crippen LogP contribution in [0.1, 0.15) is 81.0 Å². The summed E-state index contributed by atoms with van der Waals surface area (Å²) in [4.78, 5) is 9.66. The molecule has 4 heteroatoms. The number of rotatable bonds is 3. The second-order valence-corrected chi connectivity index (χ2v) is 12.2. The summed E-state index contributed by atoms with van der Waals surface area (Å²) in [6, 6.07) is 12.4. The fraction of sp³-hybridized carbons (Fsp3) is 0.500. The Bertz CT molecular complexity index is 1190. The number of oxazole rings is 2. The lowest BCUT2D eigenvalue weighted by atomic mass is 9.69. The van der Waals surface area contributed by atoms with Crippen LogP contribution in [0.25, 0.3) is 33.3 Å². The summed E-state index contributed by atoms with van der Waals surface area (Å²) >= 11 is 0. The van der Waals surface area contributed by atoms with Crippen molar-refractivity contribution >= 4 is 22.2 Å². The maximum atomic E-state index is 6.25. The van der Waals surface area contributed by atoms with Gasteiger partial charge in [-0.25, -0.2) is 9.97 Å². The average molecular weight is 433 g/mol. The van der Waals surface area contributed by atoms with Gasteiger partial charge < -0.3 is 8.83 Å². The standard InChI is InChI=1S/C28H36N2O2/c1-25(2,3)27(7,8)23-29-19-13-11-18(16-22(19)32-23)17-12-14-21-20(15-17)30-24(31-21)28(9,10)26(4,5)6/h11-16H,1-10H3. The molecule has 0 saturated heterocycles. The van der Waals surface area contributed by atoms with E-state index in [0.29, 0.717) is 0 Å². The van der Waals surface area contributed by atoms with Crippen molar-refractivity contribution in [2.45, 2.75) is 80.1 Å². The molecule has 2 aromatic carbocycles. The van der Waals surface area contributed by atoms with Gasteiger partial charge in [-0.1, -0.05) is 81.4 Å². The summed E-state index contributed by atoms with van der Waals surface area (Å²) in [5.74, 6) is 1.55. The Morgan fingerprint density at radius 3 is 1.56 bits per heavy atom. The summed E-state index contributed by atoms with van der Waals surface area (Å²) in [5, 5.41) is 0. The van der Waals surface area contributed by atoms with Crippen LogP contribution in [0, 0.1) is 10.8 Å². The minimum atomic E-state index is -0.179. The zero-order valence-electron chi connectivity index (χ0n) is 21.2. The van der Waals surface area contributed by atoms with E-state index in [-0.39, 0.29) is 21.7 Å². The quantitative estimate of drug-likeness (QED) is 0.327. The van der Waals surface area contributed by atoms with E-state index in [1.54, 1.807) is 0 Å². The summed E-state index contributed by atoms with van der Waals surface area (Å²) in [6.07, 6.45) is 0. The first-order valence-electron chi connectivity index (χ1n) is 11.4. The monoisotopic (exact) mass is 432 g/mol. The minimum absolute atomic E-state index is 0.0343. The van der Waals surface area contributed by atoms with Gasteiger partial charge in [0.05, 0.1) is 0 Å². The molecule has 0 saturated carbocycles. The van der Waals surface area contributed by atoms with E-state index in [1.807, 2.05) is 12.1 Å². The Morgan fingerprint density at radius 1 is 0.531 bits per heavy atom. The van der Waals surface area contributed by atoms with Crippen LogP contribution in [0.15, 0.2) is 45.2 Å². The zero-order chi connectivity index (χ0) is 23.7. The molecule has 32 heavy (non-hydrogen) atoms. The number of nitrogens with zero attached hydrogens (tertiary/aromatic N) is 2. The van der Waals surface area contributed by atoms with Crippen LogP contribution < -0.4 is 0 Å². The van der Waals surface area contributed by atoms with Gasteiger partial charge in [0.15, 0.2) is 11.2 Å². The number of hydrogen-bond acceptors (Lipinski definition) is 4. The molecule has 0 aliphatic carbocycles. The van der Waals surface area contributed by atoms with E-state index in [2.05, 4.69) is 93.5 Å². The normalized spacial score (nSPS) is 13.9. The van der Waals surface area contributed by atoms with Gasteiger partial charge in [-0.05, 0) is 46.2 Å². The highest BCUT2D eigenvalue weighted by Gasteiger charge is 2.40. The van der Waals surface area contributed by atoms with Crippen molar-refractivity contribution in [3.05, 3.63) is 48.2 Å². The topological polar surface area (TPSA) is 52.1 Å². The molecule has 0 fully saturated rings. The summed E-state index contributed by atoms with van der Waals surface area (Å²) < 4.78 is 12.4. The highest BCUT2D eigenvalue weighted by atomic mass is 16.4. The molecule has 4 aromatic rings. The van der Waals surface area contributed by atoms with Crippen LogP contribution in [0.3, 0.4) is 0 Å². The molecular formula is C28H36N2O2. The third kappa shape index (κ3) is 3.54. The molecule has 0 spiro atoms. The van der Waals surface area contributed by atoms with E-state index in [1.165, 1.54) is 0 Å². The Kier molecular flexibility index (Phi) is 4.89. The minimum Gasteiger partial charge on any atom is -0.440 e. The van der Waals surface area contributed by atoms with Crippen LogP contribution >= 0.6 is 0 Å². The van der Waals surface area contributed by atoms with Crippen molar-refractivity contribution in [3.63, 3.8) is 0 Å². The average Bonchev–Trinajstić information content (AvgIpc) is 3.29. The van der Waals surface area contributed by atoms with Crippen molar-refractivity contribution in [1.29, 1.82) is 0 Å². The molecule has 170 valence electrons. The number of aromatic nitrogens is 2. The number of fused-ring (bicyclic) bond motifs is 2. The van der Waals surface area contributed by atoms with Gasteiger partial charge >= 0.3 is 0 Å². The molecule has 0 atom stereocenters. The molecular weight excluding hydrogens is 396 g/mol. The van der Waals surface area contributed by atoms with Gasteiger partial charge in [0.25, 0.3) is 0 Å². The van der Waals surface area contributed by atoms with E-state index < -0.39 is 0 Å². The highest BCUT2D eigenvalue weighted by molar-refractivity contribution is 5.85. The molecule has 0 bridgehead atoms. The van der Waals surface area contributed by atoms with Crippen molar-refractivity contribution in [2.75, 3.05) is 0 Å². The summed E-state index contributed by atoms with van der Waals surface area (Å²) in [6.45, 7) is 22.1. The van der Waals surface area contributed by atoms with Gasteiger partial charge in [-0.15, -0.1) is 0 Å². The SMILES string of the molecule is CC(C)(C)C(C)(C)c1nc2cc(-c3ccc4nc(C(C)(C)C(C)(C)C)oc4c3)ccc2o1. The van der Waals surface area contributed by atoms with E-state index in [4.69, 9.17) is 18.8 Å². The molecule has 0 radical (unpaired) electrons. The van der Waals surface area contributed by atoms with Crippen molar-refractivity contribution in [3.8, 4) is 11.1 Å². The molecule has 2 heterocycles. The first-order valence-corrected chi connectivity index (χ1v) is 11.4. The van der Waals surface area contributed by atoms with Gasteiger partial charge in [0, 0.05) is 10.8 Å². The first-order chi connectivity index (χ1) is 14.6. The van der Waals surface area contributed by atoms with Crippen molar-refractivity contribution in [1.82, 2.24) is 9.97 Å². The maximum absolute atomic E-state index is 6.25. The Balaban J connectivity index is 1.75. The van der Waals surface area contributed by atoms with Gasteiger partial charge in [0.2, 0.25) is 11.8 Å².